The van der Waals surface area contributed by atoms with E-state index in [9.17, 15) is 13.2 Å². The van der Waals surface area contributed by atoms with Crippen LogP contribution in [0.5, 0.6) is 0 Å². The van der Waals surface area contributed by atoms with Gasteiger partial charge in [0.25, 0.3) is 5.91 Å². The molecular weight excluding hydrogens is 536 g/mol. The van der Waals surface area contributed by atoms with Crippen LogP contribution in [0.4, 0.5) is 5.69 Å². The number of hydrogen-bond donors (Lipinski definition) is 2. The summed E-state index contributed by atoms with van der Waals surface area (Å²) in [6.45, 7) is 1.06. The first-order chi connectivity index (χ1) is 17.9. The van der Waals surface area contributed by atoms with Crippen LogP contribution in [-0.2, 0) is 14.8 Å². The lowest BCUT2D eigenvalue weighted by molar-refractivity contribution is 0.0914. The number of amides is 1. The van der Waals surface area contributed by atoms with Crippen LogP contribution in [0, 0.1) is 5.92 Å². The van der Waals surface area contributed by atoms with E-state index in [1.54, 1.807) is 47.5 Å². The maximum Gasteiger partial charge on any atom is 0.280 e. The third-order valence-corrected chi connectivity index (χ3v) is 9.63. The maximum absolute atomic E-state index is 13.3. The van der Waals surface area contributed by atoms with E-state index in [1.807, 2.05) is 6.07 Å². The molecule has 2 atom stereocenters. The van der Waals surface area contributed by atoms with Gasteiger partial charge in [-0.2, -0.15) is 5.10 Å². The van der Waals surface area contributed by atoms with Gasteiger partial charge >= 0.3 is 0 Å². The predicted octanol–water partition coefficient (Wildman–Crippen LogP) is 3.92. The van der Waals surface area contributed by atoms with Gasteiger partial charge < -0.3 is 10.1 Å². The fourth-order valence-electron chi connectivity index (χ4n) is 4.41. The highest BCUT2D eigenvalue weighted by molar-refractivity contribution is 7.93. The third-order valence-electron chi connectivity index (χ3n) is 6.49. The van der Waals surface area contributed by atoms with E-state index in [-0.39, 0.29) is 17.1 Å². The average Bonchev–Trinajstić information content (AvgIpc) is 3.25. The van der Waals surface area contributed by atoms with Gasteiger partial charge in [0.2, 0.25) is 10.0 Å². The molecule has 0 spiro atoms. The summed E-state index contributed by atoms with van der Waals surface area (Å²) in [5.74, 6) is -0.346. The molecule has 1 aliphatic heterocycles. The highest BCUT2D eigenvalue weighted by Crippen LogP contribution is 2.34. The zero-order chi connectivity index (χ0) is 25.6. The summed E-state index contributed by atoms with van der Waals surface area (Å²) in [4.78, 5) is 22.9. The van der Waals surface area contributed by atoms with Crippen LogP contribution in [0.25, 0.3) is 16.0 Å². The van der Waals surface area contributed by atoms with Crippen LogP contribution in [0.1, 0.15) is 40.8 Å². The molecular formula is C24H23ClN6O4S2. The minimum Gasteiger partial charge on any atom is -0.381 e. The number of rotatable bonds is 8. The third kappa shape index (κ3) is 5.06. The molecule has 0 aromatic carbocycles. The highest BCUT2D eigenvalue weighted by atomic mass is 35.5. The predicted molar refractivity (Wildman–Crippen MR) is 140 cm³/mol. The number of nitrogens with zero attached hydrogens (tertiary/aromatic N) is 4. The van der Waals surface area contributed by atoms with Crippen molar-refractivity contribution >= 4 is 50.1 Å². The van der Waals surface area contributed by atoms with Crippen molar-refractivity contribution in [3.8, 4) is 10.4 Å². The Bertz CT molecular complexity index is 1580. The van der Waals surface area contributed by atoms with Gasteiger partial charge in [-0.05, 0) is 43.5 Å². The Morgan fingerprint density at radius 3 is 2.84 bits per heavy atom. The summed E-state index contributed by atoms with van der Waals surface area (Å²) in [5, 5.41) is 7.96. The number of ether oxygens (including phenoxy) is 1. The summed E-state index contributed by atoms with van der Waals surface area (Å²) >= 11 is 7.42. The van der Waals surface area contributed by atoms with Crippen LogP contribution < -0.4 is 10.0 Å². The number of fused-ring (bicyclic) bond motifs is 1. The van der Waals surface area contributed by atoms with Crippen molar-refractivity contribution in [1.29, 1.82) is 0 Å². The molecule has 192 valence electrons. The molecule has 1 saturated carbocycles. The summed E-state index contributed by atoms with van der Waals surface area (Å²) < 4.78 is 34.8. The summed E-state index contributed by atoms with van der Waals surface area (Å²) in [5.41, 5.74) is 2.64. The Hall–Kier alpha value is -3.06. The quantitative estimate of drug-likeness (QED) is 0.335. The van der Waals surface area contributed by atoms with Crippen LogP contribution in [0.15, 0.2) is 49.1 Å². The first kappa shape index (κ1) is 24.3. The standard InChI is InChI=1S/C24H23ClN6O4S2/c25-15-4-7-31-20(9-15)18(11-28-31)21-12-27-24(36-21)23(32)29-22(14-5-8-35-13-14)19-10-16(3-6-26-19)30-37(33,34)17-1-2-17/h3-4,6-7,9-12,14,17,22H,1-2,5,8,13H2,(H,26,30)(H,29,32)/t14-,22-/m0/s1. The average molecular weight is 559 g/mol. The topological polar surface area (TPSA) is 128 Å². The molecule has 1 aliphatic carbocycles. The lowest BCUT2D eigenvalue weighted by atomic mass is 9.95. The molecule has 4 aromatic heterocycles. The minimum absolute atomic E-state index is 0.00655. The molecule has 0 radical (unpaired) electrons. The van der Waals surface area contributed by atoms with Crippen molar-refractivity contribution in [2.45, 2.75) is 30.6 Å². The molecule has 2 fully saturated rings. The number of sulfonamides is 1. The monoisotopic (exact) mass is 558 g/mol. The van der Waals surface area contributed by atoms with Gasteiger partial charge in [0, 0.05) is 41.7 Å². The summed E-state index contributed by atoms with van der Waals surface area (Å²) in [6.07, 6.45) is 8.78. The van der Waals surface area contributed by atoms with Gasteiger partial charge in [0.1, 0.15) is 0 Å². The Morgan fingerprint density at radius 1 is 1.19 bits per heavy atom. The number of thiazole rings is 1. The van der Waals surface area contributed by atoms with Crippen LogP contribution in [0.2, 0.25) is 5.02 Å². The normalized spacial score (nSPS) is 18.7. The summed E-state index contributed by atoms with van der Waals surface area (Å²) in [6, 6.07) is 6.39. The van der Waals surface area contributed by atoms with Crippen molar-refractivity contribution in [3.05, 3.63) is 64.8 Å². The van der Waals surface area contributed by atoms with Gasteiger partial charge in [-0.1, -0.05) is 11.6 Å². The molecule has 0 bridgehead atoms. The molecule has 37 heavy (non-hydrogen) atoms. The zero-order valence-electron chi connectivity index (χ0n) is 19.5. The fraction of sp³-hybridized carbons (Fsp3) is 0.333. The van der Waals surface area contributed by atoms with E-state index < -0.39 is 16.1 Å². The van der Waals surface area contributed by atoms with Crippen LogP contribution >= 0.6 is 22.9 Å². The number of halogens is 1. The van der Waals surface area contributed by atoms with Crippen molar-refractivity contribution in [2.75, 3.05) is 17.9 Å². The van der Waals surface area contributed by atoms with Crippen molar-refractivity contribution in [2.24, 2.45) is 5.92 Å². The fourth-order valence-corrected chi connectivity index (χ4v) is 6.78. The molecule has 10 nitrogen and oxygen atoms in total. The first-order valence-electron chi connectivity index (χ1n) is 11.8. The molecule has 2 N–H and O–H groups in total. The van der Waals surface area contributed by atoms with Gasteiger partial charge in [-0.3, -0.25) is 14.5 Å². The molecule has 5 heterocycles. The van der Waals surface area contributed by atoms with Crippen molar-refractivity contribution in [3.63, 3.8) is 0 Å². The van der Waals surface area contributed by atoms with E-state index in [4.69, 9.17) is 16.3 Å². The number of anilines is 1. The van der Waals surface area contributed by atoms with Gasteiger partial charge in [0.05, 0.1) is 45.9 Å². The van der Waals surface area contributed by atoms with Gasteiger partial charge in [-0.25, -0.2) is 17.9 Å². The summed E-state index contributed by atoms with van der Waals surface area (Å²) in [7, 11) is -3.42. The molecule has 2 aliphatic rings. The van der Waals surface area contributed by atoms with E-state index in [0.29, 0.717) is 47.5 Å². The van der Waals surface area contributed by atoms with Crippen LogP contribution in [0.3, 0.4) is 0 Å². The molecule has 1 saturated heterocycles. The number of pyridine rings is 2. The molecule has 1 amide bonds. The number of aromatic nitrogens is 4. The number of carbonyl (C=O) groups excluding carboxylic acids is 1. The number of carbonyl (C=O) groups is 1. The molecule has 4 aromatic rings. The Kier molecular flexibility index (Phi) is 6.35. The second kappa shape index (κ2) is 9.67. The Balaban J connectivity index is 1.25. The smallest absolute Gasteiger partial charge is 0.280 e. The lowest BCUT2D eigenvalue weighted by Gasteiger charge is -2.23. The Labute approximate surface area is 222 Å². The SMILES string of the molecule is O=C(N[C@H](c1cc(NS(=O)(=O)C2CC2)ccn1)[C@H]1CCOC1)c1ncc(-c2cnn3ccc(Cl)cc23)s1. The van der Waals surface area contributed by atoms with Crippen molar-refractivity contribution < 1.29 is 17.9 Å². The second-order valence-corrected chi connectivity index (χ2v) is 12.6. The lowest BCUT2D eigenvalue weighted by Crippen LogP contribution is -2.34. The molecule has 13 heteroatoms. The first-order valence-corrected chi connectivity index (χ1v) is 14.6. The van der Waals surface area contributed by atoms with Crippen LogP contribution in [-0.4, -0.2) is 52.4 Å². The number of nitrogens with one attached hydrogen (secondary N) is 2. The van der Waals surface area contributed by atoms with E-state index >= 15 is 0 Å². The van der Waals surface area contributed by atoms with Crippen molar-refractivity contribution in [1.82, 2.24) is 24.9 Å². The zero-order valence-corrected chi connectivity index (χ0v) is 21.9. The van der Waals surface area contributed by atoms with E-state index in [1.165, 1.54) is 11.3 Å². The Morgan fingerprint density at radius 2 is 2.05 bits per heavy atom. The van der Waals surface area contributed by atoms with E-state index in [2.05, 4.69) is 25.1 Å². The number of hydrogen-bond acceptors (Lipinski definition) is 8. The molecule has 0 unspecified atom stereocenters. The van der Waals surface area contributed by atoms with E-state index in [0.717, 1.165) is 22.4 Å². The maximum atomic E-state index is 13.3. The van der Waals surface area contributed by atoms with Gasteiger partial charge in [-0.15, -0.1) is 11.3 Å². The van der Waals surface area contributed by atoms with Gasteiger partial charge in [0.15, 0.2) is 5.01 Å². The highest BCUT2D eigenvalue weighted by Gasteiger charge is 2.36. The second-order valence-electron chi connectivity index (χ2n) is 9.15. The minimum atomic E-state index is -3.42. The largest absolute Gasteiger partial charge is 0.381 e. The molecule has 6 rings (SSSR count).